The van der Waals surface area contributed by atoms with Gasteiger partial charge in [-0.15, -0.1) is 0 Å². The van der Waals surface area contributed by atoms with Gasteiger partial charge in [0.25, 0.3) is 11.4 Å². The van der Waals surface area contributed by atoms with Crippen molar-refractivity contribution in [1.82, 2.24) is 0 Å². The molecule has 0 radical (unpaired) electrons. The van der Waals surface area contributed by atoms with Crippen molar-refractivity contribution in [2.24, 2.45) is 5.92 Å². The lowest BCUT2D eigenvalue weighted by molar-refractivity contribution is -0.386. The molecule has 0 fully saturated rings. The highest BCUT2D eigenvalue weighted by Crippen LogP contribution is 2.40. The highest BCUT2D eigenvalue weighted by Gasteiger charge is 2.32. The first-order chi connectivity index (χ1) is 17.7. The molecule has 13 heteroatoms. The summed E-state index contributed by atoms with van der Waals surface area (Å²) in [5, 5.41) is 33.4. The fourth-order valence-corrected chi connectivity index (χ4v) is 3.27. The molecular formula is C25H30N2O11. The Morgan fingerprint density at radius 1 is 1.03 bits per heavy atom. The number of ether oxygens (including phenoxy) is 4. The molecule has 0 amide bonds. The van der Waals surface area contributed by atoms with Gasteiger partial charge in [0, 0.05) is 18.6 Å². The number of non-ortho nitro benzene ring substituents is 1. The lowest BCUT2D eigenvalue weighted by Crippen LogP contribution is -2.24. The molecule has 0 saturated heterocycles. The SMILES string of the molecule is COc1cc(C(O)C(C)C(=O)Oc2ccc([N+](=O)[O-])cc2)c([N+](=O)[O-])cc1OCCCC(=O)OC(C)(C)C. The number of benzene rings is 2. The molecule has 2 rings (SSSR count). The fourth-order valence-electron chi connectivity index (χ4n) is 3.27. The fraction of sp³-hybridized carbons (Fsp3) is 0.440. The lowest BCUT2D eigenvalue weighted by Gasteiger charge is -2.20. The number of hydrogen-bond acceptors (Lipinski definition) is 11. The zero-order valence-electron chi connectivity index (χ0n) is 21.7. The number of nitro groups is 2. The number of methoxy groups -OCH3 is 1. The first kappa shape index (κ1) is 30.0. The Hall–Kier alpha value is -4.26. The third-order valence-corrected chi connectivity index (χ3v) is 5.14. The van der Waals surface area contributed by atoms with Crippen LogP contribution in [0.25, 0.3) is 0 Å². The maximum Gasteiger partial charge on any atom is 0.317 e. The van der Waals surface area contributed by atoms with E-state index < -0.39 is 45.1 Å². The molecule has 2 aromatic rings. The van der Waals surface area contributed by atoms with Crippen molar-refractivity contribution in [3.63, 3.8) is 0 Å². The minimum absolute atomic E-state index is 0.00172. The molecule has 13 nitrogen and oxygen atoms in total. The van der Waals surface area contributed by atoms with Crippen LogP contribution in [0, 0.1) is 26.1 Å². The van der Waals surface area contributed by atoms with Crippen LogP contribution in [0.1, 0.15) is 52.2 Å². The van der Waals surface area contributed by atoms with Crippen LogP contribution in [0.2, 0.25) is 0 Å². The average molecular weight is 535 g/mol. The van der Waals surface area contributed by atoms with Crippen LogP contribution in [0.5, 0.6) is 17.2 Å². The summed E-state index contributed by atoms with van der Waals surface area (Å²) in [5.41, 5.74) is -1.55. The third-order valence-electron chi connectivity index (χ3n) is 5.14. The number of carbonyl (C=O) groups is 2. The number of esters is 2. The molecule has 0 heterocycles. The predicted molar refractivity (Wildman–Crippen MR) is 133 cm³/mol. The van der Waals surface area contributed by atoms with Gasteiger partial charge in [0.15, 0.2) is 11.5 Å². The lowest BCUT2D eigenvalue weighted by atomic mass is 9.95. The summed E-state index contributed by atoms with van der Waals surface area (Å²) in [5.74, 6) is -2.50. The average Bonchev–Trinajstić information content (AvgIpc) is 2.84. The zero-order chi connectivity index (χ0) is 28.6. The number of rotatable bonds is 12. The van der Waals surface area contributed by atoms with E-state index in [0.717, 1.165) is 18.2 Å². The van der Waals surface area contributed by atoms with Crippen LogP contribution in [0.3, 0.4) is 0 Å². The van der Waals surface area contributed by atoms with Crippen molar-refractivity contribution in [2.45, 2.75) is 52.2 Å². The summed E-state index contributed by atoms with van der Waals surface area (Å²) in [4.78, 5) is 45.6. The maximum absolute atomic E-state index is 12.6. The Kier molecular flexibility index (Phi) is 10.1. The minimum Gasteiger partial charge on any atom is -0.493 e. The second-order valence-corrected chi connectivity index (χ2v) is 9.26. The second-order valence-electron chi connectivity index (χ2n) is 9.26. The van der Waals surface area contributed by atoms with Gasteiger partial charge < -0.3 is 24.1 Å². The van der Waals surface area contributed by atoms with E-state index in [-0.39, 0.29) is 47.9 Å². The van der Waals surface area contributed by atoms with E-state index in [9.17, 15) is 34.9 Å². The van der Waals surface area contributed by atoms with Crippen molar-refractivity contribution < 1.29 is 43.5 Å². The second kappa shape index (κ2) is 12.8. The first-order valence-corrected chi connectivity index (χ1v) is 11.6. The number of aliphatic hydroxyl groups excluding tert-OH is 1. The van der Waals surface area contributed by atoms with Gasteiger partial charge in [0.1, 0.15) is 11.4 Å². The summed E-state index contributed by atoms with van der Waals surface area (Å²) in [6, 6.07) is 6.99. The highest BCUT2D eigenvalue weighted by atomic mass is 16.6. The molecule has 2 unspecified atom stereocenters. The summed E-state index contributed by atoms with van der Waals surface area (Å²) < 4.78 is 21.2. The Bertz CT molecular complexity index is 1170. The smallest absolute Gasteiger partial charge is 0.317 e. The van der Waals surface area contributed by atoms with Crippen molar-refractivity contribution in [1.29, 1.82) is 0 Å². The van der Waals surface area contributed by atoms with E-state index in [4.69, 9.17) is 18.9 Å². The van der Waals surface area contributed by atoms with E-state index in [1.54, 1.807) is 20.8 Å². The Morgan fingerprint density at radius 2 is 1.66 bits per heavy atom. The first-order valence-electron chi connectivity index (χ1n) is 11.6. The van der Waals surface area contributed by atoms with Crippen molar-refractivity contribution in [2.75, 3.05) is 13.7 Å². The van der Waals surface area contributed by atoms with Gasteiger partial charge in [-0.3, -0.25) is 29.8 Å². The van der Waals surface area contributed by atoms with Gasteiger partial charge in [0.05, 0.1) is 47.2 Å². The van der Waals surface area contributed by atoms with Crippen molar-refractivity contribution in [3.8, 4) is 17.2 Å². The Labute approximate surface area is 218 Å². The summed E-state index contributed by atoms with van der Waals surface area (Å²) in [7, 11) is 1.30. The monoisotopic (exact) mass is 534 g/mol. The van der Waals surface area contributed by atoms with Crippen molar-refractivity contribution in [3.05, 3.63) is 62.2 Å². The van der Waals surface area contributed by atoms with Crippen LogP contribution >= 0.6 is 0 Å². The van der Waals surface area contributed by atoms with Gasteiger partial charge in [-0.2, -0.15) is 0 Å². The third kappa shape index (κ3) is 8.40. The van der Waals surface area contributed by atoms with Gasteiger partial charge in [-0.1, -0.05) is 0 Å². The molecule has 2 aromatic carbocycles. The van der Waals surface area contributed by atoms with Crippen LogP contribution in [0.4, 0.5) is 11.4 Å². The van der Waals surface area contributed by atoms with Gasteiger partial charge in [0.2, 0.25) is 0 Å². The highest BCUT2D eigenvalue weighted by molar-refractivity contribution is 5.76. The van der Waals surface area contributed by atoms with E-state index in [2.05, 4.69) is 0 Å². The number of nitro benzene ring substituents is 2. The molecule has 0 saturated carbocycles. The zero-order valence-corrected chi connectivity index (χ0v) is 21.7. The standard InChI is InChI=1S/C25H30N2O11/c1-15(24(30)37-17-10-8-16(9-11-17)26(31)32)23(29)18-13-20(35-5)21(14-19(18)27(33)34)36-12-6-7-22(28)38-25(2,3)4/h8-11,13-15,23,29H,6-7,12H2,1-5H3. The molecule has 0 aliphatic carbocycles. The Balaban J connectivity index is 2.16. The summed E-state index contributed by atoms with van der Waals surface area (Å²) >= 11 is 0. The van der Waals surface area contributed by atoms with E-state index in [0.29, 0.717) is 0 Å². The van der Waals surface area contributed by atoms with Crippen LogP contribution in [-0.4, -0.2) is 46.2 Å². The van der Waals surface area contributed by atoms with Gasteiger partial charge >= 0.3 is 11.9 Å². The molecule has 0 spiro atoms. The molecular weight excluding hydrogens is 504 g/mol. The van der Waals surface area contributed by atoms with Crippen LogP contribution < -0.4 is 14.2 Å². The number of aliphatic hydroxyl groups is 1. The van der Waals surface area contributed by atoms with E-state index in [1.165, 1.54) is 32.2 Å². The molecule has 0 aromatic heterocycles. The Morgan fingerprint density at radius 3 is 2.18 bits per heavy atom. The van der Waals surface area contributed by atoms with Gasteiger partial charge in [-0.25, -0.2) is 0 Å². The predicted octanol–water partition coefficient (Wildman–Crippen LogP) is 4.29. The minimum atomic E-state index is -1.66. The molecule has 206 valence electrons. The summed E-state index contributed by atoms with van der Waals surface area (Å²) in [6.07, 6.45) is -1.30. The number of nitrogens with zero attached hydrogens (tertiary/aromatic N) is 2. The van der Waals surface area contributed by atoms with Crippen LogP contribution in [-0.2, 0) is 14.3 Å². The van der Waals surface area contributed by atoms with E-state index in [1.807, 2.05) is 0 Å². The molecule has 0 aliphatic heterocycles. The summed E-state index contributed by atoms with van der Waals surface area (Å²) in [6.45, 7) is 6.59. The quantitative estimate of drug-likeness (QED) is 0.135. The molecule has 1 N–H and O–H groups in total. The van der Waals surface area contributed by atoms with E-state index >= 15 is 0 Å². The van der Waals surface area contributed by atoms with Gasteiger partial charge in [-0.05, 0) is 52.3 Å². The molecule has 0 aliphatic rings. The molecule has 0 bridgehead atoms. The maximum atomic E-state index is 12.6. The normalized spacial score (nSPS) is 12.7. The number of hydrogen-bond donors (Lipinski definition) is 1. The molecule has 38 heavy (non-hydrogen) atoms. The van der Waals surface area contributed by atoms with Crippen LogP contribution in [0.15, 0.2) is 36.4 Å². The number of carbonyl (C=O) groups excluding carboxylic acids is 2. The molecule has 2 atom stereocenters. The van der Waals surface area contributed by atoms with Crippen molar-refractivity contribution >= 4 is 23.3 Å². The topological polar surface area (TPSA) is 178 Å². The largest absolute Gasteiger partial charge is 0.493 e.